The van der Waals surface area contributed by atoms with Gasteiger partial charge in [-0.05, 0) is 20.8 Å². The Kier molecular flexibility index (Phi) is 3.60. The van der Waals surface area contributed by atoms with Gasteiger partial charge in [0.05, 0.1) is 6.61 Å². The quantitative estimate of drug-likeness (QED) is 0.824. The van der Waals surface area contributed by atoms with Gasteiger partial charge in [-0.25, -0.2) is 0 Å². The predicted molar refractivity (Wildman–Crippen MR) is 86.1 cm³/mol. The van der Waals surface area contributed by atoms with Crippen LogP contribution in [0.3, 0.4) is 0 Å². The molecule has 2 aromatic rings. The summed E-state index contributed by atoms with van der Waals surface area (Å²) >= 11 is 0. The number of hydrogen-bond acceptors (Lipinski definition) is 2. The van der Waals surface area contributed by atoms with Crippen molar-refractivity contribution in [3.8, 4) is 0 Å². The molecule has 2 heteroatoms. The topological polar surface area (TPSA) is 12.5 Å². The Hall–Kier alpha value is -1.64. The third kappa shape index (κ3) is 2.39. The summed E-state index contributed by atoms with van der Waals surface area (Å²) in [4.78, 5) is 2.46. The van der Waals surface area contributed by atoms with E-state index in [1.165, 1.54) is 11.1 Å². The van der Waals surface area contributed by atoms with Crippen LogP contribution in [-0.2, 0) is 10.5 Å². The van der Waals surface area contributed by atoms with E-state index in [0.717, 1.165) is 13.2 Å². The molecule has 1 aliphatic heterocycles. The van der Waals surface area contributed by atoms with Crippen LogP contribution in [0.1, 0.15) is 31.9 Å². The van der Waals surface area contributed by atoms with Gasteiger partial charge >= 0.3 is 0 Å². The van der Waals surface area contributed by atoms with Gasteiger partial charge in [-0.3, -0.25) is 4.90 Å². The van der Waals surface area contributed by atoms with Crippen molar-refractivity contribution in [2.75, 3.05) is 13.2 Å². The van der Waals surface area contributed by atoms with Crippen molar-refractivity contribution in [1.29, 1.82) is 0 Å². The monoisotopic (exact) mass is 281 g/mol. The smallest absolute Gasteiger partial charge is 0.174 e. The first-order valence-corrected chi connectivity index (χ1v) is 7.58. The van der Waals surface area contributed by atoms with Crippen molar-refractivity contribution in [2.45, 2.75) is 32.0 Å². The zero-order valence-corrected chi connectivity index (χ0v) is 13.0. The summed E-state index contributed by atoms with van der Waals surface area (Å²) in [5.74, 6) is 0. The number of benzene rings is 2. The lowest BCUT2D eigenvalue weighted by molar-refractivity contribution is -0.0877. The zero-order valence-electron chi connectivity index (χ0n) is 13.0. The Bertz CT molecular complexity index is 546. The Labute approximate surface area is 127 Å². The lowest BCUT2D eigenvalue weighted by atomic mass is 9.89. The molecule has 1 heterocycles. The van der Waals surface area contributed by atoms with Crippen LogP contribution < -0.4 is 0 Å². The molecule has 0 aromatic heterocycles. The maximum Gasteiger partial charge on any atom is 0.174 e. The van der Waals surface area contributed by atoms with E-state index in [9.17, 15) is 0 Å². The molecule has 0 unspecified atom stereocenters. The first kappa shape index (κ1) is 14.3. The Balaban J connectivity index is 2.21. The van der Waals surface area contributed by atoms with Gasteiger partial charge in [0.25, 0.3) is 0 Å². The summed E-state index contributed by atoms with van der Waals surface area (Å²) in [6.45, 7) is 8.45. The largest absolute Gasteiger partial charge is 0.350 e. The number of ether oxygens (including phenoxy) is 1. The SMILES string of the molecule is CC(C)(C)N1CCOC1(c1ccccc1)c1ccccc1. The van der Waals surface area contributed by atoms with Crippen LogP contribution in [0.2, 0.25) is 0 Å². The van der Waals surface area contributed by atoms with Gasteiger partial charge in [-0.15, -0.1) is 0 Å². The number of hydrogen-bond donors (Lipinski definition) is 0. The molecule has 0 N–H and O–H groups in total. The standard InChI is InChI=1S/C19H23NO/c1-18(2,3)20-14-15-21-19(20,16-10-6-4-7-11-16)17-12-8-5-9-13-17/h4-13H,14-15H2,1-3H3. The fourth-order valence-corrected chi connectivity index (χ4v) is 3.30. The van der Waals surface area contributed by atoms with E-state index in [4.69, 9.17) is 4.74 Å². The van der Waals surface area contributed by atoms with Gasteiger partial charge in [0.2, 0.25) is 0 Å². The molecule has 0 amide bonds. The van der Waals surface area contributed by atoms with E-state index in [2.05, 4.69) is 86.3 Å². The van der Waals surface area contributed by atoms with Crippen LogP contribution in [0.5, 0.6) is 0 Å². The van der Waals surface area contributed by atoms with Crippen LogP contribution in [0.15, 0.2) is 60.7 Å². The van der Waals surface area contributed by atoms with E-state index in [-0.39, 0.29) is 5.54 Å². The molecule has 0 atom stereocenters. The zero-order chi connectivity index (χ0) is 14.9. The normalized spacial score (nSPS) is 18.8. The molecule has 0 aliphatic carbocycles. The first-order chi connectivity index (χ1) is 10.0. The van der Waals surface area contributed by atoms with Crippen LogP contribution in [0.25, 0.3) is 0 Å². The van der Waals surface area contributed by atoms with Crippen LogP contribution in [0, 0.1) is 0 Å². The van der Waals surface area contributed by atoms with E-state index in [0.29, 0.717) is 0 Å². The van der Waals surface area contributed by atoms with Crippen molar-refractivity contribution >= 4 is 0 Å². The van der Waals surface area contributed by atoms with E-state index in [1.54, 1.807) is 0 Å². The maximum atomic E-state index is 6.38. The summed E-state index contributed by atoms with van der Waals surface area (Å²) in [7, 11) is 0. The molecule has 2 aromatic carbocycles. The second kappa shape index (κ2) is 5.28. The summed E-state index contributed by atoms with van der Waals surface area (Å²) < 4.78 is 6.38. The first-order valence-electron chi connectivity index (χ1n) is 7.58. The molecular weight excluding hydrogens is 258 g/mol. The molecule has 2 nitrogen and oxygen atoms in total. The second-order valence-electron chi connectivity index (χ2n) is 6.55. The number of rotatable bonds is 2. The van der Waals surface area contributed by atoms with Crippen molar-refractivity contribution in [1.82, 2.24) is 4.90 Å². The van der Waals surface area contributed by atoms with Gasteiger partial charge in [-0.2, -0.15) is 0 Å². The average molecular weight is 281 g/mol. The lowest BCUT2D eigenvalue weighted by Gasteiger charge is -2.45. The highest BCUT2D eigenvalue weighted by molar-refractivity contribution is 5.37. The molecule has 0 saturated carbocycles. The highest BCUT2D eigenvalue weighted by Crippen LogP contribution is 2.44. The third-order valence-corrected chi connectivity index (χ3v) is 4.15. The van der Waals surface area contributed by atoms with Crippen LogP contribution in [0.4, 0.5) is 0 Å². The molecule has 1 aliphatic rings. The third-order valence-electron chi connectivity index (χ3n) is 4.15. The fourth-order valence-electron chi connectivity index (χ4n) is 3.30. The fraction of sp³-hybridized carbons (Fsp3) is 0.368. The Morgan fingerprint density at radius 3 is 1.76 bits per heavy atom. The van der Waals surface area contributed by atoms with Crippen molar-refractivity contribution < 1.29 is 4.74 Å². The molecule has 3 rings (SSSR count). The minimum Gasteiger partial charge on any atom is -0.350 e. The van der Waals surface area contributed by atoms with Gasteiger partial charge in [0.1, 0.15) is 0 Å². The lowest BCUT2D eigenvalue weighted by Crippen LogP contribution is -2.52. The molecule has 1 saturated heterocycles. The minimum absolute atomic E-state index is 0.0299. The average Bonchev–Trinajstić information content (AvgIpc) is 2.95. The summed E-state index contributed by atoms with van der Waals surface area (Å²) in [6, 6.07) is 21.1. The highest BCUT2D eigenvalue weighted by Gasteiger charge is 2.49. The van der Waals surface area contributed by atoms with E-state index < -0.39 is 5.72 Å². The van der Waals surface area contributed by atoms with Gasteiger partial charge in [0, 0.05) is 23.2 Å². The van der Waals surface area contributed by atoms with Crippen LogP contribution >= 0.6 is 0 Å². The predicted octanol–water partition coefficient (Wildman–Crippen LogP) is 4.02. The molecule has 21 heavy (non-hydrogen) atoms. The van der Waals surface area contributed by atoms with Gasteiger partial charge < -0.3 is 4.74 Å². The molecule has 110 valence electrons. The maximum absolute atomic E-state index is 6.38. The highest BCUT2D eigenvalue weighted by atomic mass is 16.5. The van der Waals surface area contributed by atoms with E-state index >= 15 is 0 Å². The molecule has 0 radical (unpaired) electrons. The van der Waals surface area contributed by atoms with Crippen LogP contribution in [-0.4, -0.2) is 23.6 Å². The Morgan fingerprint density at radius 1 is 0.857 bits per heavy atom. The molecule has 1 fully saturated rings. The summed E-state index contributed by atoms with van der Waals surface area (Å²) in [5.41, 5.74) is 1.94. The van der Waals surface area contributed by atoms with Crippen molar-refractivity contribution in [3.63, 3.8) is 0 Å². The minimum atomic E-state index is -0.485. The molecular formula is C19H23NO. The van der Waals surface area contributed by atoms with Crippen molar-refractivity contribution in [3.05, 3.63) is 71.8 Å². The summed E-state index contributed by atoms with van der Waals surface area (Å²) in [6.07, 6.45) is 0. The molecule has 0 bridgehead atoms. The Morgan fingerprint density at radius 2 is 1.33 bits per heavy atom. The second-order valence-corrected chi connectivity index (χ2v) is 6.55. The number of nitrogens with zero attached hydrogens (tertiary/aromatic N) is 1. The van der Waals surface area contributed by atoms with Crippen molar-refractivity contribution in [2.24, 2.45) is 0 Å². The molecule has 0 spiro atoms. The van der Waals surface area contributed by atoms with Gasteiger partial charge in [0.15, 0.2) is 5.72 Å². The van der Waals surface area contributed by atoms with E-state index in [1.807, 2.05) is 0 Å². The van der Waals surface area contributed by atoms with Gasteiger partial charge in [-0.1, -0.05) is 60.7 Å². The summed E-state index contributed by atoms with van der Waals surface area (Å²) in [5, 5.41) is 0.